The lowest BCUT2D eigenvalue weighted by molar-refractivity contribution is 0.850. The monoisotopic (exact) mass is 207 g/mol. The maximum atomic E-state index is 4.58. The molecule has 1 aromatic rings. The fourth-order valence-corrected chi connectivity index (χ4v) is 2.39. The van der Waals surface area contributed by atoms with Crippen LogP contribution in [0.5, 0.6) is 0 Å². The van der Waals surface area contributed by atoms with Crippen molar-refractivity contribution in [3.05, 3.63) is 27.9 Å². The van der Waals surface area contributed by atoms with E-state index in [2.05, 4.69) is 38.1 Å². The quantitative estimate of drug-likeness (QED) is 0.680. The molecule has 1 rings (SSSR count). The zero-order valence-electron chi connectivity index (χ0n) is 9.13. The van der Waals surface area contributed by atoms with Crippen molar-refractivity contribution in [2.75, 3.05) is 0 Å². The maximum absolute atomic E-state index is 4.58. The Balaban J connectivity index is 3.05. The van der Waals surface area contributed by atoms with Crippen molar-refractivity contribution in [3.63, 3.8) is 0 Å². The van der Waals surface area contributed by atoms with Crippen molar-refractivity contribution >= 4 is 17.4 Å². The molecule has 1 heterocycles. The molecule has 14 heavy (non-hydrogen) atoms. The Morgan fingerprint density at radius 3 is 2.79 bits per heavy atom. The maximum Gasteiger partial charge on any atom is 0.0960 e. The lowest BCUT2D eigenvalue weighted by Crippen LogP contribution is -1.85. The Labute approximate surface area is 90.2 Å². The van der Waals surface area contributed by atoms with Gasteiger partial charge in [-0.15, -0.1) is 17.1 Å². The van der Waals surface area contributed by atoms with Gasteiger partial charge in [-0.2, -0.15) is 0 Å². The third-order valence-electron chi connectivity index (χ3n) is 1.95. The van der Waals surface area contributed by atoms with Gasteiger partial charge < -0.3 is 0 Å². The first-order valence-electron chi connectivity index (χ1n) is 5.04. The van der Waals surface area contributed by atoms with E-state index in [4.69, 9.17) is 0 Å². The molecule has 0 N–H and O–H groups in total. The number of aryl methyl sites for hydroxylation is 1. The number of rotatable bonds is 4. The molecule has 0 unspecified atom stereocenters. The molecule has 2 heteroatoms. The predicted octanol–water partition coefficient (Wildman–Crippen LogP) is 4.02. The van der Waals surface area contributed by atoms with Gasteiger partial charge in [-0.25, -0.2) is 4.98 Å². The van der Waals surface area contributed by atoms with Crippen LogP contribution in [0.25, 0.3) is 6.08 Å². The SMILES string of the molecule is C=C=Cc1nc(C(C)C)sc1CCC. The van der Waals surface area contributed by atoms with E-state index in [9.17, 15) is 0 Å². The van der Waals surface area contributed by atoms with Gasteiger partial charge in [0, 0.05) is 16.9 Å². The Bertz CT molecular complexity index is 343. The van der Waals surface area contributed by atoms with E-state index in [0.717, 1.165) is 18.5 Å². The second kappa shape index (κ2) is 5.14. The molecule has 0 aliphatic rings. The summed E-state index contributed by atoms with van der Waals surface area (Å²) in [4.78, 5) is 5.95. The molecule has 1 aromatic heterocycles. The Hall–Kier alpha value is -0.850. The first-order chi connectivity index (χ1) is 6.69. The van der Waals surface area contributed by atoms with Crippen LogP contribution in [0.3, 0.4) is 0 Å². The first-order valence-corrected chi connectivity index (χ1v) is 5.86. The molecule has 0 fully saturated rings. The Kier molecular flexibility index (Phi) is 4.12. The van der Waals surface area contributed by atoms with E-state index in [1.54, 1.807) is 0 Å². The van der Waals surface area contributed by atoms with E-state index in [0.29, 0.717) is 5.92 Å². The van der Waals surface area contributed by atoms with Crippen molar-refractivity contribution in [3.8, 4) is 0 Å². The zero-order chi connectivity index (χ0) is 10.6. The third-order valence-corrected chi connectivity index (χ3v) is 3.39. The van der Waals surface area contributed by atoms with Crippen LogP contribution in [0.2, 0.25) is 0 Å². The summed E-state index contributed by atoms with van der Waals surface area (Å²) in [7, 11) is 0. The summed E-state index contributed by atoms with van der Waals surface area (Å²) in [6.07, 6.45) is 4.16. The fourth-order valence-electron chi connectivity index (χ4n) is 1.24. The van der Waals surface area contributed by atoms with Crippen molar-refractivity contribution in [1.82, 2.24) is 4.98 Å². The second-order valence-corrected chi connectivity index (χ2v) is 4.73. The van der Waals surface area contributed by atoms with Gasteiger partial charge in [0.1, 0.15) is 0 Å². The summed E-state index contributed by atoms with van der Waals surface area (Å²) in [5, 5.41) is 1.22. The minimum absolute atomic E-state index is 0.516. The number of hydrogen-bond acceptors (Lipinski definition) is 2. The molecule has 0 bridgehead atoms. The van der Waals surface area contributed by atoms with Crippen molar-refractivity contribution < 1.29 is 0 Å². The molecule has 0 aliphatic carbocycles. The van der Waals surface area contributed by atoms with Crippen LogP contribution in [0.1, 0.15) is 48.7 Å². The number of nitrogens with zero attached hydrogens (tertiary/aromatic N) is 1. The molecule has 1 nitrogen and oxygen atoms in total. The van der Waals surface area contributed by atoms with E-state index in [1.165, 1.54) is 9.88 Å². The summed E-state index contributed by atoms with van der Waals surface area (Å²) in [5.41, 5.74) is 3.87. The van der Waals surface area contributed by atoms with Crippen LogP contribution in [0.15, 0.2) is 12.3 Å². The molecule has 0 aromatic carbocycles. The van der Waals surface area contributed by atoms with Crippen LogP contribution >= 0.6 is 11.3 Å². The van der Waals surface area contributed by atoms with Crippen LogP contribution < -0.4 is 0 Å². The molecule has 0 spiro atoms. The van der Waals surface area contributed by atoms with E-state index in [-0.39, 0.29) is 0 Å². The summed E-state index contributed by atoms with van der Waals surface area (Å²) in [6.45, 7) is 10.1. The average molecular weight is 207 g/mol. The van der Waals surface area contributed by atoms with Crippen LogP contribution in [0, 0.1) is 0 Å². The standard InChI is InChI=1S/C12H17NS/c1-5-7-10-11(8-6-2)14-12(13-10)9(3)4/h7,9H,1,6,8H2,2-4H3. The largest absolute Gasteiger partial charge is 0.241 e. The Morgan fingerprint density at radius 1 is 1.57 bits per heavy atom. The molecule has 76 valence electrons. The number of thiazole rings is 1. The van der Waals surface area contributed by atoms with Gasteiger partial charge >= 0.3 is 0 Å². The van der Waals surface area contributed by atoms with Gasteiger partial charge in [-0.3, -0.25) is 0 Å². The zero-order valence-corrected chi connectivity index (χ0v) is 9.95. The van der Waals surface area contributed by atoms with Gasteiger partial charge in [0.25, 0.3) is 0 Å². The van der Waals surface area contributed by atoms with E-state index < -0.39 is 0 Å². The highest BCUT2D eigenvalue weighted by Gasteiger charge is 2.10. The predicted molar refractivity (Wildman–Crippen MR) is 63.8 cm³/mol. The van der Waals surface area contributed by atoms with E-state index >= 15 is 0 Å². The third kappa shape index (κ3) is 2.57. The van der Waals surface area contributed by atoms with Gasteiger partial charge in [-0.1, -0.05) is 33.8 Å². The normalized spacial score (nSPS) is 10.3. The van der Waals surface area contributed by atoms with Gasteiger partial charge in [0.05, 0.1) is 10.7 Å². The average Bonchev–Trinajstić information content (AvgIpc) is 2.50. The molecular weight excluding hydrogens is 190 g/mol. The van der Waals surface area contributed by atoms with Crippen LogP contribution in [0.4, 0.5) is 0 Å². The van der Waals surface area contributed by atoms with E-state index in [1.807, 2.05) is 17.4 Å². The molecule has 0 radical (unpaired) electrons. The summed E-state index contributed by atoms with van der Waals surface area (Å²) in [6, 6.07) is 0. The minimum atomic E-state index is 0.516. The van der Waals surface area contributed by atoms with Crippen molar-refractivity contribution in [2.24, 2.45) is 0 Å². The van der Waals surface area contributed by atoms with Gasteiger partial charge in [-0.05, 0) is 6.42 Å². The number of hydrogen-bond donors (Lipinski definition) is 0. The molecular formula is C12H17NS. The second-order valence-electron chi connectivity index (χ2n) is 3.61. The van der Waals surface area contributed by atoms with Crippen molar-refractivity contribution in [2.45, 2.75) is 39.5 Å². The van der Waals surface area contributed by atoms with Crippen molar-refractivity contribution in [1.29, 1.82) is 0 Å². The molecule has 0 saturated carbocycles. The summed E-state index contributed by atoms with van der Waals surface area (Å²) < 4.78 is 0. The fraction of sp³-hybridized carbons (Fsp3) is 0.500. The highest BCUT2D eigenvalue weighted by molar-refractivity contribution is 7.11. The molecule has 0 amide bonds. The molecule has 0 atom stereocenters. The highest BCUT2D eigenvalue weighted by Crippen LogP contribution is 2.26. The highest BCUT2D eigenvalue weighted by atomic mass is 32.1. The van der Waals surface area contributed by atoms with Crippen LogP contribution in [-0.4, -0.2) is 4.98 Å². The lowest BCUT2D eigenvalue weighted by Gasteiger charge is -1.95. The van der Waals surface area contributed by atoms with Gasteiger partial charge in [0.2, 0.25) is 0 Å². The summed E-state index contributed by atoms with van der Waals surface area (Å²) >= 11 is 1.82. The number of aromatic nitrogens is 1. The smallest absolute Gasteiger partial charge is 0.0960 e. The first kappa shape index (κ1) is 11.2. The minimum Gasteiger partial charge on any atom is -0.241 e. The molecule has 0 saturated heterocycles. The topological polar surface area (TPSA) is 12.9 Å². The van der Waals surface area contributed by atoms with Gasteiger partial charge in [0.15, 0.2) is 0 Å². The Morgan fingerprint density at radius 2 is 2.29 bits per heavy atom. The summed E-state index contributed by atoms with van der Waals surface area (Å²) in [5.74, 6) is 0.516. The van der Waals surface area contributed by atoms with Crippen LogP contribution in [-0.2, 0) is 6.42 Å². The molecule has 0 aliphatic heterocycles. The lowest BCUT2D eigenvalue weighted by atomic mass is 10.2.